The second-order valence-electron chi connectivity index (χ2n) is 4.90. The Morgan fingerprint density at radius 3 is 2.64 bits per heavy atom. The first-order chi connectivity index (χ1) is 10.6. The first kappa shape index (κ1) is 16.3. The molecular formula is C17H18ClNO3. The molecule has 0 aliphatic carbocycles. The summed E-state index contributed by atoms with van der Waals surface area (Å²) < 4.78 is 5.48. The van der Waals surface area contributed by atoms with E-state index in [1.165, 1.54) is 0 Å². The zero-order chi connectivity index (χ0) is 15.9. The van der Waals surface area contributed by atoms with Gasteiger partial charge in [-0.25, -0.2) is 0 Å². The minimum Gasteiger partial charge on any atom is -0.484 e. The standard InChI is InChI=1S/C17H18ClNO3/c1-12-8-15(18)6-7-16(12)22-11-17(21)19-9-13-4-2-3-5-14(13)10-20/h2-8,20H,9-11H2,1H3,(H,19,21). The Kier molecular flexibility index (Phi) is 5.81. The normalized spacial score (nSPS) is 10.3. The minimum absolute atomic E-state index is 0.0491. The number of aliphatic hydroxyl groups excluding tert-OH is 1. The van der Waals surface area contributed by atoms with E-state index in [2.05, 4.69) is 5.32 Å². The number of hydrogen-bond donors (Lipinski definition) is 2. The van der Waals surface area contributed by atoms with Gasteiger partial charge in [0.2, 0.25) is 0 Å². The smallest absolute Gasteiger partial charge is 0.258 e. The first-order valence-corrected chi connectivity index (χ1v) is 7.31. The topological polar surface area (TPSA) is 58.6 Å². The van der Waals surface area contributed by atoms with E-state index in [-0.39, 0.29) is 19.1 Å². The molecule has 0 saturated carbocycles. The Labute approximate surface area is 134 Å². The number of hydrogen-bond acceptors (Lipinski definition) is 3. The molecule has 0 aliphatic heterocycles. The number of halogens is 1. The maximum Gasteiger partial charge on any atom is 0.258 e. The van der Waals surface area contributed by atoms with Crippen LogP contribution >= 0.6 is 11.6 Å². The fraction of sp³-hybridized carbons (Fsp3) is 0.235. The summed E-state index contributed by atoms with van der Waals surface area (Å²) in [4.78, 5) is 11.8. The number of carbonyl (C=O) groups excluding carboxylic acids is 1. The van der Waals surface area contributed by atoms with Gasteiger partial charge in [-0.1, -0.05) is 35.9 Å². The molecule has 0 aromatic heterocycles. The summed E-state index contributed by atoms with van der Waals surface area (Å²) in [7, 11) is 0. The van der Waals surface area contributed by atoms with Crippen LogP contribution in [0.5, 0.6) is 5.75 Å². The predicted octanol–water partition coefficient (Wildman–Crippen LogP) is 2.84. The van der Waals surface area contributed by atoms with Gasteiger partial charge in [0, 0.05) is 11.6 Å². The number of aliphatic hydroxyl groups is 1. The van der Waals surface area contributed by atoms with Crippen LogP contribution in [0.25, 0.3) is 0 Å². The molecule has 2 N–H and O–H groups in total. The van der Waals surface area contributed by atoms with Crippen LogP contribution in [0.2, 0.25) is 5.02 Å². The lowest BCUT2D eigenvalue weighted by Gasteiger charge is -2.11. The summed E-state index contributed by atoms with van der Waals surface area (Å²) in [6.45, 7) is 2.12. The van der Waals surface area contributed by atoms with Gasteiger partial charge in [-0.05, 0) is 41.8 Å². The van der Waals surface area contributed by atoms with Gasteiger partial charge in [0.15, 0.2) is 6.61 Å². The van der Waals surface area contributed by atoms with E-state index in [9.17, 15) is 9.90 Å². The molecule has 0 heterocycles. The highest BCUT2D eigenvalue weighted by molar-refractivity contribution is 6.30. The SMILES string of the molecule is Cc1cc(Cl)ccc1OCC(=O)NCc1ccccc1CO. The van der Waals surface area contributed by atoms with Gasteiger partial charge in [-0.3, -0.25) is 4.79 Å². The number of carbonyl (C=O) groups is 1. The number of rotatable bonds is 6. The molecular weight excluding hydrogens is 302 g/mol. The van der Waals surface area contributed by atoms with Crippen molar-refractivity contribution >= 4 is 17.5 Å². The summed E-state index contributed by atoms with van der Waals surface area (Å²) in [6, 6.07) is 12.7. The maximum absolute atomic E-state index is 11.8. The Bertz CT molecular complexity index is 658. The molecule has 0 aliphatic rings. The molecule has 22 heavy (non-hydrogen) atoms. The minimum atomic E-state index is -0.220. The van der Waals surface area contributed by atoms with Crippen LogP contribution in [-0.4, -0.2) is 17.6 Å². The van der Waals surface area contributed by atoms with Crippen molar-refractivity contribution in [1.82, 2.24) is 5.32 Å². The highest BCUT2D eigenvalue weighted by Gasteiger charge is 2.07. The number of amides is 1. The van der Waals surface area contributed by atoms with E-state index in [1.54, 1.807) is 18.2 Å². The summed E-state index contributed by atoms with van der Waals surface area (Å²) in [5.74, 6) is 0.414. The lowest BCUT2D eigenvalue weighted by Crippen LogP contribution is -2.28. The maximum atomic E-state index is 11.8. The van der Waals surface area contributed by atoms with Crippen LogP contribution < -0.4 is 10.1 Å². The molecule has 0 fully saturated rings. The van der Waals surface area contributed by atoms with E-state index in [0.717, 1.165) is 16.7 Å². The Morgan fingerprint density at radius 2 is 1.95 bits per heavy atom. The van der Waals surface area contributed by atoms with Crippen LogP contribution in [0.15, 0.2) is 42.5 Å². The second kappa shape index (κ2) is 7.82. The number of aryl methyl sites for hydroxylation is 1. The van der Waals surface area contributed by atoms with Gasteiger partial charge >= 0.3 is 0 Å². The molecule has 116 valence electrons. The summed E-state index contributed by atoms with van der Waals surface area (Å²) in [5.41, 5.74) is 2.57. The zero-order valence-electron chi connectivity index (χ0n) is 12.3. The van der Waals surface area contributed by atoms with Gasteiger partial charge < -0.3 is 15.2 Å². The van der Waals surface area contributed by atoms with Crippen molar-refractivity contribution in [3.05, 3.63) is 64.2 Å². The van der Waals surface area contributed by atoms with Crippen molar-refractivity contribution in [2.75, 3.05) is 6.61 Å². The van der Waals surface area contributed by atoms with Gasteiger partial charge in [-0.2, -0.15) is 0 Å². The van der Waals surface area contributed by atoms with E-state index in [4.69, 9.17) is 16.3 Å². The third-order valence-corrected chi connectivity index (χ3v) is 3.50. The Morgan fingerprint density at radius 1 is 1.23 bits per heavy atom. The molecule has 2 rings (SSSR count). The molecule has 0 bridgehead atoms. The van der Waals surface area contributed by atoms with Gasteiger partial charge in [0.1, 0.15) is 5.75 Å². The van der Waals surface area contributed by atoms with E-state index >= 15 is 0 Å². The third kappa shape index (κ3) is 4.48. The Balaban J connectivity index is 1.85. The number of benzene rings is 2. The fourth-order valence-corrected chi connectivity index (χ4v) is 2.27. The summed E-state index contributed by atoms with van der Waals surface area (Å²) >= 11 is 5.87. The second-order valence-corrected chi connectivity index (χ2v) is 5.34. The molecule has 5 heteroatoms. The molecule has 2 aromatic carbocycles. The van der Waals surface area contributed by atoms with Crippen LogP contribution in [-0.2, 0) is 17.9 Å². The van der Waals surface area contributed by atoms with E-state index < -0.39 is 0 Å². The third-order valence-electron chi connectivity index (χ3n) is 3.26. The predicted molar refractivity (Wildman–Crippen MR) is 85.9 cm³/mol. The van der Waals surface area contributed by atoms with Crippen molar-refractivity contribution in [3.8, 4) is 5.75 Å². The zero-order valence-corrected chi connectivity index (χ0v) is 13.1. The highest BCUT2D eigenvalue weighted by atomic mass is 35.5. The summed E-state index contributed by atoms with van der Waals surface area (Å²) in [5, 5.41) is 12.6. The monoisotopic (exact) mass is 319 g/mol. The molecule has 0 atom stereocenters. The van der Waals surface area contributed by atoms with Crippen LogP contribution in [0.1, 0.15) is 16.7 Å². The lowest BCUT2D eigenvalue weighted by atomic mass is 10.1. The highest BCUT2D eigenvalue weighted by Crippen LogP contribution is 2.21. The van der Waals surface area contributed by atoms with Crippen molar-refractivity contribution in [1.29, 1.82) is 0 Å². The fourth-order valence-electron chi connectivity index (χ4n) is 2.05. The molecule has 0 saturated heterocycles. The van der Waals surface area contributed by atoms with Crippen molar-refractivity contribution in [2.24, 2.45) is 0 Å². The molecule has 1 amide bonds. The average molecular weight is 320 g/mol. The number of ether oxygens (including phenoxy) is 1. The van der Waals surface area contributed by atoms with Gasteiger partial charge in [0.05, 0.1) is 6.61 Å². The summed E-state index contributed by atoms with van der Waals surface area (Å²) in [6.07, 6.45) is 0. The largest absolute Gasteiger partial charge is 0.484 e. The quantitative estimate of drug-likeness (QED) is 0.860. The first-order valence-electron chi connectivity index (χ1n) is 6.93. The van der Waals surface area contributed by atoms with E-state index in [1.807, 2.05) is 31.2 Å². The number of nitrogens with one attached hydrogen (secondary N) is 1. The van der Waals surface area contributed by atoms with E-state index in [0.29, 0.717) is 17.3 Å². The van der Waals surface area contributed by atoms with Crippen molar-refractivity contribution in [3.63, 3.8) is 0 Å². The molecule has 0 radical (unpaired) electrons. The average Bonchev–Trinajstić information content (AvgIpc) is 2.52. The van der Waals surface area contributed by atoms with Crippen LogP contribution in [0.4, 0.5) is 0 Å². The van der Waals surface area contributed by atoms with Crippen molar-refractivity contribution in [2.45, 2.75) is 20.1 Å². The Hall–Kier alpha value is -2.04. The molecule has 2 aromatic rings. The molecule has 4 nitrogen and oxygen atoms in total. The van der Waals surface area contributed by atoms with Crippen molar-refractivity contribution < 1.29 is 14.6 Å². The van der Waals surface area contributed by atoms with Gasteiger partial charge in [0.25, 0.3) is 5.91 Å². The molecule has 0 spiro atoms. The molecule has 0 unspecified atom stereocenters. The van der Waals surface area contributed by atoms with Gasteiger partial charge in [-0.15, -0.1) is 0 Å². The lowest BCUT2D eigenvalue weighted by molar-refractivity contribution is -0.123. The van der Waals surface area contributed by atoms with Crippen LogP contribution in [0, 0.1) is 6.92 Å². The van der Waals surface area contributed by atoms with Crippen LogP contribution in [0.3, 0.4) is 0 Å².